The first kappa shape index (κ1) is 24.5. The molecule has 0 atom stereocenters. The Hall–Kier alpha value is -2.62. The number of hydrogen-bond acceptors (Lipinski definition) is 3. The minimum atomic E-state index is -0.499. The molecular formula is C27H32ClFN4O. The summed E-state index contributed by atoms with van der Waals surface area (Å²) in [5.74, 6) is -0.0871. The molecule has 0 radical (unpaired) electrons. The highest BCUT2D eigenvalue weighted by molar-refractivity contribution is 6.31. The number of nitrogens with zero attached hydrogens (tertiary/aromatic N) is 3. The van der Waals surface area contributed by atoms with E-state index in [0.29, 0.717) is 23.7 Å². The molecule has 180 valence electrons. The summed E-state index contributed by atoms with van der Waals surface area (Å²) >= 11 is 5.91. The van der Waals surface area contributed by atoms with Gasteiger partial charge in [-0.05, 0) is 106 Å². The van der Waals surface area contributed by atoms with Crippen molar-refractivity contribution >= 4 is 23.3 Å². The molecule has 2 amide bonds. The Balaban J connectivity index is 1.40. The first-order chi connectivity index (χ1) is 16.5. The number of urea groups is 1. The molecular weight excluding hydrogens is 451 g/mol. The smallest absolute Gasteiger partial charge is 0.322 e. The van der Waals surface area contributed by atoms with Crippen molar-refractivity contribution in [2.24, 2.45) is 0 Å². The van der Waals surface area contributed by atoms with Crippen LogP contribution in [0.5, 0.6) is 0 Å². The Labute approximate surface area is 206 Å². The SMILES string of the molecule is N#Cc1cccc([C@H]2CC[C@H](N(CCCN3CCCC3)C(=O)Nc3ccc(F)c(Cl)c3)CC2)c1. The van der Waals surface area contributed by atoms with Gasteiger partial charge in [0.2, 0.25) is 0 Å². The van der Waals surface area contributed by atoms with Gasteiger partial charge in [-0.1, -0.05) is 23.7 Å². The molecule has 0 unspecified atom stereocenters. The average molecular weight is 483 g/mol. The summed E-state index contributed by atoms with van der Waals surface area (Å²) in [5.41, 5.74) is 2.41. The van der Waals surface area contributed by atoms with Crippen LogP contribution in [0.1, 0.15) is 62.0 Å². The minimum absolute atomic E-state index is 0.00140. The topological polar surface area (TPSA) is 59.4 Å². The summed E-state index contributed by atoms with van der Waals surface area (Å²) in [4.78, 5) is 17.7. The number of hydrogen-bond donors (Lipinski definition) is 1. The lowest BCUT2D eigenvalue weighted by atomic mass is 9.81. The molecule has 1 N–H and O–H groups in total. The van der Waals surface area contributed by atoms with Crippen LogP contribution in [0.4, 0.5) is 14.9 Å². The summed E-state index contributed by atoms with van der Waals surface area (Å²) in [6.07, 6.45) is 7.25. The van der Waals surface area contributed by atoms with E-state index in [9.17, 15) is 14.4 Å². The number of rotatable bonds is 7. The number of carbonyl (C=O) groups excluding carboxylic acids is 1. The number of amides is 2. The van der Waals surface area contributed by atoms with Gasteiger partial charge in [0.15, 0.2) is 0 Å². The van der Waals surface area contributed by atoms with Crippen LogP contribution in [0.15, 0.2) is 42.5 Å². The van der Waals surface area contributed by atoms with Crippen LogP contribution >= 0.6 is 11.6 Å². The lowest BCUT2D eigenvalue weighted by Crippen LogP contribution is -2.45. The Bertz CT molecular complexity index is 1030. The summed E-state index contributed by atoms with van der Waals surface area (Å²) in [7, 11) is 0. The molecule has 7 heteroatoms. The zero-order valence-electron chi connectivity index (χ0n) is 19.5. The number of carbonyl (C=O) groups is 1. The van der Waals surface area contributed by atoms with Gasteiger partial charge in [0.1, 0.15) is 5.82 Å². The summed E-state index contributed by atoms with van der Waals surface area (Å²) < 4.78 is 13.5. The van der Waals surface area contributed by atoms with Gasteiger partial charge in [-0.2, -0.15) is 5.26 Å². The molecule has 1 heterocycles. The number of nitriles is 1. The van der Waals surface area contributed by atoms with Crippen molar-refractivity contribution in [2.75, 3.05) is 31.5 Å². The molecule has 2 aromatic rings. The molecule has 2 fully saturated rings. The van der Waals surface area contributed by atoms with E-state index in [1.54, 1.807) is 6.07 Å². The van der Waals surface area contributed by atoms with Crippen molar-refractivity contribution in [3.05, 3.63) is 64.4 Å². The molecule has 5 nitrogen and oxygen atoms in total. The Kier molecular flexibility index (Phi) is 8.42. The van der Waals surface area contributed by atoms with E-state index in [4.69, 9.17) is 11.6 Å². The van der Waals surface area contributed by atoms with E-state index < -0.39 is 5.82 Å². The van der Waals surface area contributed by atoms with Crippen LogP contribution in [-0.2, 0) is 0 Å². The summed E-state index contributed by atoms with van der Waals surface area (Å²) in [6.45, 7) is 3.99. The van der Waals surface area contributed by atoms with Crippen molar-refractivity contribution in [3.8, 4) is 6.07 Å². The maximum Gasteiger partial charge on any atom is 0.322 e. The molecule has 0 aromatic heterocycles. The van der Waals surface area contributed by atoms with Crippen molar-refractivity contribution in [1.29, 1.82) is 5.26 Å². The quantitative estimate of drug-likeness (QED) is 0.497. The van der Waals surface area contributed by atoms with Gasteiger partial charge in [0, 0.05) is 18.3 Å². The van der Waals surface area contributed by atoms with Crippen molar-refractivity contribution in [1.82, 2.24) is 9.80 Å². The molecule has 1 aliphatic carbocycles. The Morgan fingerprint density at radius 3 is 2.62 bits per heavy atom. The van der Waals surface area contributed by atoms with E-state index >= 15 is 0 Å². The fourth-order valence-corrected chi connectivity index (χ4v) is 5.45. The van der Waals surface area contributed by atoms with Crippen LogP contribution < -0.4 is 5.32 Å². The monoisotopic (exact) mass is 482 g/mol. The van der Waals surface area contributed by atoms with Crippen molar-refractivity contribution in [2.45, 2.75) is 56.9 Å². The predicted octanol–water partition coefficient (Wildman–Crippen LogP) is 6.40. The third-order valence-electron chi connectivity index (χ3n) is 7.13. The third kappa shape index (κ3) is 6.28. The van der Waals surface area contributed by atoms with E-state index in [-0.39, 0.29) is 17.1 Å². The molecule has 4 rings (SSSR count). The van der Waals surface area contributed by atoms with Gasteiger partial charge in [-0.3, -0.25) is 0 Å². The summed E-state index contributed by atoms with van der Waals surface area (Å²) in [6, 6.07) is 14.4. The number of halogens is 2. The molecule has 1 aliphatic heterocycles. The van der Waals surface area contributed by atoms with E-state index in [1.807, 2.05) is 23.1 Å². The van der Waals surface area contributed by atoms with Gasteiger partial charge in [-0.25, -0.2) is 9.18 Å². The van der Waals surface area contributed by atoms with Crippen LogP contribution in [0.25, 0.3) is 0 Å². The maximum absolute atomic E-state index is 13.5. The average Bonchev–Trinajstić information content (AvgIpc) is 3.38. The molecule has 2 aliphatic rings. The molecule has 34 heavy (non-hydrogen) atoms. The molecule has 0 spiro atoms. The van der Waals surface area contributed by atoms with Crippen molar-refractivity contribution < 1.29 is 9.18 Å². The molecule has 1 saturated heterocycles. The van der Waals surface area contributed by atoms with Crippen LogP contribution in [-0.4, -0.2) is 48.1 Å². The van der Waals surface area contributed by atoms with Gasteiger partial charge in [0.25, 0.3) is 0 Å². The standard InChI is InChI=1S/C27H32ClFN4O/c28-25-18-23(9-12-26(25)29)31-27(34)33(16-4-15-32-13-1-2-14-32)24-10-7-21(8-11-24)22-6-3-5-20(17-22)19-30/h3,5-6,9,12,17-18,21,24H,1-2,4,7-8,10-11,13-16H2,(H,31,34)/t21-,24-. The number of likely N-dealkylation sites (tertiary alicyclic amines) is 1. The first-order valence-corrected chi connectivity index (χ1v) is 12.7. The summed E-state index contributed by atoms with van der Waals surface area (Å²) in [5, 5.41) is 12.1. The van der Waals surface area contributed by atoms with Gasteiger partial charge in [-0.15, -0.1) is 0 Å². The fraction of sp³-hybridized carbons (Fsp3) is 0.481. The molecule has 2 aromatic carbocycles. The third-order valence-corrected chi connectivity index (χ3v) is 7.42. The largest absolute Gasteiger partial charge is 0.322 e. The second-order valence-electron chi connectivity index (χ2n) is 9.40. The van der Waals surface area contributed by atoms with Crippen LogP contribution in [0.2, 0.25) is 5.02 Å². The number of benzene rings is 2. The van der Waals surface area contributed by atoms with Crippen LogP contribution in [0, 0.1) is 17.1 Å². The number of nitrogens with one attached hydrogen (secondary N) is 1. The highest BCUT2D eigenvalue weighted by atomic mass is 35.5. The molecule has 1 saturated carbocycles. The van der Waals surface area contributed by atoms with E-state index in [2.05, 4.69) is 22.4 Å². The van der Waals surface area contributed by atoms with Crippen LogP contribution in [0.3, 0.4) is 0 Å². The second kappa shape index (κ2) is 11.7. The van der Waals surface area contributed by atoms with Crippen molar-refractivity contribution in [3.63, 3.8) is 0 Å². The number of anilines is 1. The maximum atomic E-state index is 13.5. The normalized spacial score (nSPS) is 20.6. The highest BCUT2D eigenvalue weighted by Gasteiger charge is 2.30. The highest BCUT2D eigenvalue weighted by Crippen LogP contribution is 2.35. The zero-order valence-corrected chi connectivity index (χ0v) is 20.2. The minimum Gasteiger partial charge on any atom is -0.322 e. The predicted molar refractivity (Wildman–Crippen MR) is 134 cm³/mol. The van der Waals surface area contributed by atoms with Gasteiger partial charge in [0.05, 0.1) is 16.7 Å². The van der Waals surface area contributed by atoms with Gasteiger partial charge >= 0.3 is 6.03 Å². The first-order valence-electron chi connectivity index (χ1n) is 12.3. The van der Waals surface area contributed by atoms with E-state index in [1.165, 1.54) is 30.5 Å². The zero-order chi connectivity index (χ0) is 23.9. The lowest BCUT2D eigenvalue weighted by molar-refractivity contribution is 0.157. The second-order valence-corrected chi connectivity index (χ2v) is 9.80. The molecule has 0 bridgehead atoms. The Morgan fingerprint density at radius 2 is 1.91 bits per heavy atom. The Morgan fingerprint density at radius 1 is 1.15 bits per heavy atom. The lowest BCUT2D eigenvalue weighted by Gasteiger charge is -2.37. The fourth-order valence-electron chi connectivity index (χ4n) is 5.27. The van der Waals surface area contributed by atoms with E-state index in [0.717, 1.165) is 51.7 Å². The van der Waals surface area contributed by atoms with Gasteiger partial charge < -0.3 is 15.1 Å².